The summed E-state index contributed by atoms with van der Waals surface area (Å²) in [7, 11) is 1.85. The van der Waals surface area contributed by atoms with Gasteiger partial charge in [0.1, 0.15) is 5.69 Å². The van der Waals surface area contributed by atoms with Crippen LogP contribution < -0.4 is 0 Å². The Morgan fingerprint density at radius 2 is 2.00 bits per heavy atom. The van der Waals surface area contributed by atoms with Gasteiger partial charge in [0.2, 0.25) is 0 Å². The fraction of sp³-hybridized carbons (Fsp3) is 0.471. The average Bonchev–Trinajstić information content (AvgIpc) is 3.37. The third-order valence-corrected chi connectivity index (χ3v) is 4.66. The van der Waals surface area contributed by atoms with Gasteiger partial charge in [0.15, 0.2) is 0 Å². The van der Waals surface area contributed by atoms with Crippen molar-refractivity contribution in [3.05, 3.63) is 36.3 Å². The first-order valence-electron chi connectivity index (χ1n) is 8.20. The molecule has 2 aromatic heterocycles. The quantitative estimate of drug-likeness (QED) is 0.860. The van der Waals surface area contributed by atoms with Gasteiger partial charge in [-0.3, -0.25) is 19.4 Å². The molecular weight excluding hydrogens is 290 g/mol. The summed E-state index contributed by atoms with van der Waals surface area (Å²) in [6, 6.07) is 4.58. The maximum absolute atomic E-state index is 12.9. The van der Waals surface area contributed by atoms with Crippen LogP contribution in [-0.2, 0) is 7.05 Å². The van der Waals surface area contributed by atoms with Crippen molar-refractivity contribution in [2.75, 3.05) is 26.2 Å². The van der Waals surface area contributed by atoms with Crippen molar-refractivity contribution in [3.63, 3.8) is 0 Å². The van der Waals surface area contributed by atoms with Gasteiger partial charge in [0.05, 0.1) is 5.56 Å². The van der Waals surface area contributed by atoms with E-state index >= 15 is 0 Å². The van der Waals surface area contributed by atoms with Crippen molar-refractivity contribution in [1.82, 2.24) is 24.6 Å². The number of hydrogen-bond acceptors (Lipinski definition) is 4. The molecule has 0 bridgehead atoms. The Labute approximate surface area is 135 Å². The lowest BCUT2D eigenvalue weighted by molar-refractivity contribution is 0.0628. The van der Waals surface area contributed by atoms with E-state index in [9.17, 15) is 4.79 Å². The molecule has 3 heterocycles. The van der Waals surface area contributed by atoms with E-state index in [1.807, 2.05) is 30.3 Å². The summed E-state index contributed by atoms with van der Waals surface area (Å²) in [5.74, 6) is 0.0763. The van der Waals surface area contributed by atoms with E-state index in [1.54, 1.807) is 17.1 Å². The van der Waals surface area contributed by atoms with Crippen LogP contribution in [0.15, 0.2) is 30.7 Å². The van der Waals surface area contributed by atoms with Gasteiger partial charge in [0.25, 0.3) is 5.91 Å². The van der Waals surface area contributed by atoms with E-state index in [1.165, 1.54) is 12.8 Å². The van der Waals surface area contributed by atoms with E-state index in [0.717, 1.165) is 43.5 Å². The minimum atomic E-state index is 0.0763. The van der Waals surface area contributed by atoms with E-state index in [-0.39, 0.29) is 5.91 Å². The molecule has 1 aliphatic heterocycles. The fourth-order valence-electron chi connectivity index (χ4n) is 3.26. The number of carbonyl (C=O) groups excluding carboxylic acids is 1. The Morgan fingerprint density at radius 1 is 1.22 bits per heavy atom. The first-order valence-corrected chi connectivity index (χ1v) is 8.20. The molecule has 1 aliphatic carbocycles. The Bertz CT molecular complexity index is 699. The Kier molecular flexibility index (Phi) is 3.61. The van der Waals surface area contributed by atoms with Crippen molar-refractivity contribution < 1.29 is 4.79 Å². The second kappa shape index (κ2) is 5.77. The number of piperazine rings is 1. The Hall–Kier alpha value is -2.21. The molecule has 0 aromatic carbocycles. The first kappa shape index (κ1) is 14.4. The topological polar surface area (TPSA) is 54.3 Å². The third-order valence-electron chi connectivity index (χ3n) is 4.66. The van der Waals surface area contributed by atoms with Gasteiger partial charge in [-0.25, -0.2) is 0 Å². The number of rotatable bonds is 3. The minimum Gasteiger partial charge on any atom is -0.336 e. The highest BCUT2D eigenvalue weighted by molar-refractivity contribution is 5.99. The lowest BCUT2D eigenvalue weighted by Crippen LogP contribution is -2.49. The number of pyridine rings is 1. The zero-order valence-corrected chi connectivity index (χ0v) is 13.4. The van der Waals surface area contributed by atoms with Crippen LogP contribution in [0.5, 0.6) is 0 Å². The summed E-state index contributed by atoms with van der Waals surface area (Å²) in [6.07, 6.45) is 7.94. The van der Waals surface area contributed by atoms with Gasteiger partial charge in [-0.1, -0.05) is 0 Å². The number of aryl methyl sites for hydroxylation is 1. The molecule has 0 unspecified atom stereocenters. The van der Waals surface area contributed by atoms with Crippen molar-refractivity contribution in [3.8, 4) is 11.3 Å². The third kappa shape index (κ3) is 2.86. The molecule has 0 N–H and O–H groups in total. The van der Waals surface area contributed by atoms with Gasteiger partial charge in [-0.05, 0) is 25.0 Å². The van der Waals surface area contributed by atoms with Crippen LogP contribution in [0.3, 0.4) is 0 Å². The van der Waals surface area contributed by atoms with Crippen LogP contribution in [0, 0.1) is 0 Å². The lowest BCUT2D eigenvalue weighted by Gasteiger charge is -2.34. The summed E-state index contributed by atoms with van der Waals surface area (Å²) in [6.45, 7) is 3.57. The zero-order chi connectivity index (χ0) is 15.8. The van der Waals surface area contributed by atoms with Crippen LogP contribution in [0.2, 0.25) is 0 Å². The Balaban J connectivity index is 1.54. The van der Waals surface area contributed by atoms with Gasteiger partial charge in [-0.2, -0.15) is 5.10 Å². The zero-order valence-electron chi connectivity index (χ0n) is 13.4. The lowest BCUT2D eigenvalue weighted by atomic mass is 10.1. The second-order valence-electron chi connectivity index (χ2n) is 6.37. The van der Waals surface area contributed by atoms with Gasteiger partial charge >= 0.3 is 0 Å². The predicted molar refractivity (Wildman–Crippen MR) is 86.9 cm³/mol. The summed E-state index contributed by atoms with van der Waals surface area (Å²) < 4.78 is 1.70. The molecule has 1 saturated heterocycles. The predicted octanol–water partition coefficient (Wildman–Crippen LogP) is 1.40. The molecule has 2 aromatic rings. The molecular formula is C17H21N5O. The molecule has 0 spiro atoms. The molecule has 120 valence electrons. The number of hydrogen-bond donors (Lipinski definition) is 0. The molecule has 4 rings (SSSR count). The maximum Gasteiger partial charge on any atom is 0.257 e. The summed E-state index contributed by atoms with van der Waals surface area (Å²) in [5.41, 5.74) is 2.27. The SMILES string of the molecule is Cn1cc(C(=O)N2CCN(C3CC3)CC2)c(-c2cccnc2)n1. The Morgan fingerprint density at radius 3 is 2.65 bits per heavy atom. The number of amides is 1. The van der Waals surface area contributed by atoms with Crippen molar-refractivity contribution in [2.24, 2.45) is 7.05 Å². The largest absolute Gasteiger partial charge is 0.336 e. The average molecular weight is 311 g/mol. The minimum absolute atomic E-state index is 0.0763. The standard InChI is InChI=1S/C17H21N5O/c1-20-12-15(16(19-20)13-3-2-6-18-11-13)17(23)22-9-7-21(8-10-22)14-4-5-14/h2-3,6,11-12,14H,4-5,7-10H2,1H3. The van der Waals surface area contributed by atoms with Gasteiger partial charge in [-0.15, -0.1) is 0 Å². The van der Waals surface area contributed by atoms with Gasteiger partial charge < -0.3 is 4.90 Å². The van der Waals surface area contributed by atoms with Crippen molar-refractivity contribution >= 4 is 5.91 Å². The van der Waals surface area contributed by atoms with Crippen molar-refractivity contribution in [2.45, 2.75) is 18.9 Å². The first-order chi connectivity index (χ1) is 11.2. The number of aromatic nitrogens is 3. The van der Waals surface area contributed by atoms with Crippen LogP contribution in [0.4, 0.5) is 0 Å². The second-order valence-corrected chi connectivity index (χ2v) is 6.37. The molecule has 0 atom stereocenters. The summed E-state index contributed by atoms with van der Waals surface area (Å²) >= 11 is 0. The van der Waals surface area contributed by atoms with Gasteiger partial charge in [0, 0.05) is 63.4 Å². The smallest absolute Gasteiger partial charge is 0.257 e. The van der Waals surface area contributed by atoms with E-state index in [4.69, 9.17) is 0 Å². The number of nitrogens with zero attached hydrogens (tertiary/aromatic N) is 5. The highest BCUT2D eigenvalue weighted by Gasteiger charge is 2.33. The molecule has 2 fully saturated rings. The summed E-state index contributed by atoms with van der Waals surface area (Å²) in [5, 5.41) is 4.47. The van der Waals surface area contributed by atoms with Crippen LogP contribution in [0.25, 0.3) is 11.3 Å². The highest BCUT2D eigenvalue weighted by atomic mass is 16.2. The molecule has 0 radical (unpaired) electrons. The van der Waals surface area contributed by atoms with Crippen LogP contribution >= 0.6 is 0 Å². The molecule has 6 heteroatoms. The molecule has 2 aliphatic rings. The fourth-order valence-corrected chi connectivity index (χ4v) is 3.26. The normalized spacial score (nSPS) is 19.1. The van der Waals surface area contributed by atoms with E-state index in [2.05, 4.69) is 15.0 Å². The van der Waals surface area contributed by atoms with Crippen LogP contribution in [0.1, 0.15) is 23.2 Å². The van der Waals surface area contributed by atoms with Crippen molar-refractivity contribution in [1.29, 1.82) is 0 Å². The maximum atomic E-state index is 12.9. The molecule has 1 saturated carbocycles. The molecule has 23 heavy (non-hydrogen) atoms. The van der Waals surface area contributed by atoms with E-state index in [0.29, 0.717) is 5.56 Å². The molecule has 1 amide bonds. The summed E-state index contributed by atoms with van der Waals surface area (Å²) in [4.78, 5) is 21.5. The monoisotopic (exact) mass is 311 g/mol. The van der Waals surface area contributed by atoms with Crippen LogP contribution in [-0.4, -0.2) is 62.7 Å². The highest BCUT2D eigenvalue weighted by Crippen LogP contribution is 2.28. The molecule has 6 nitrogen and oxygen atoms in total. The number of carbonyl (C=O) groups is 1. The van der Waals surface area contributed by atoms with E-state index < -0.39 is 0 Å².